The van der Waals surface area contributed by atoms with E-state index in [9.17, 15) is 4.79 Å². The maximum absolute atomic E-state index is 10.7. The van der Waals surface area contributed by atoms with Gasteiger partial charge in [0.2, 0.25) is 5.91 Å². The molecule has 0 aromatic rings. The molecule has 66 valence electrons. The number of hydrazine groups is 1. The van der Waals surface area contributed by atoms with E-state index in [-0.39, 0.29) is 5.91 Å². The highest BCUT2D eigenvalue weighted by molar-refractivity contribution is 6.76. The first-order valence-electron chi connectivity index (χ1n) is 3.95. The molecule has 0 aliphatic rings. The summed E-state index contributed by atoms with van der Waals surface area (Å²) in [5, 5.41) is 0. The molecule has 3 N–H and O–H groups in total. The van der Waals surface area contributed by atoms with E-state index in [1.807, 2.05) is 0 Å². The summed E-state index contributed by atoms with van der Waals surface area (Å²) in [7, 11) is -0.958. The summed E-state index contributed by atoms with van der Waals surface area (Å²) in [5.74, 6) is 4.88. The fourth-order valence-electron chi connectivity index (χ4n) is 0.851. The summed E-state index contributed by atoms with van der Waals surface area (Å²) in [5.41, 5.74) is 2.13. The average molecular weight is 174 g/mol. The highest BCUT2D eigenvalue weighted by atomic mass is 28.3. The Labute approximate surface area is 69.3 Å². The lowest BCUT2D eigenvalue weighted by Gasteiger charge is -2.14. The average Bonchev–Trinajstić information content (AvgIpc) is 1.85. The molecule has 0 fully saturated rings. The summed E-state index contributed by atoms with van der Waals surface area (Å²) in [6.45, 7) is 6.90. The van der Waals surface area contributed by atoms with Gasteiger partial charge in [-0.2, -0.15) is 0 Å². The van der Waals surface area contributed by atoms with Crippen LogP contribution in [0.25, 0.3) is 0 Å². The van der Waals surface area contributed by atoms with Crippen LogP contribution in [0.3, 0.4) is 0 Å². The summed E-state index contributed by atoms with van der Waals surface area (Å²) in [6.07, 6.45) is 1.54. The number of carbonyl (C=O) groups excluding carboxylic acids is 1. The second-order valence-electron chi connectivity index (χ2n) is 3.98. The minimum atomic E-state index is -0.958. The lowest BCUT2D eigenvalue weighted by atomic mass is 10.3. The fraction of sp³-hybridized carbons (Fsp3) is 0.857. The fourth-order valence-corrected chi connectivity index (χ4v) is 2.09. The molecule has 0 aromatic carbocycles. The number of rotatable bonds is 4. The Morgan fingerprint density at radius 2 is 2.00 bits per heavy atom. The Bertz CT molecular complexity index is 131. The second-order valence-corrected chi connectivity index (χ2v) is 9.60. The van der Waals surface area contributed by atoms with Gasteiger partial charge in [0.15, 0.2) is 0 Å². The normalized spacial score (nSPS) is 11.3. The van der Waals surface area contributed by atoms with E-state index in [1.54, 1.807) is 0 Å². The summed E-state index contributed by atoms with van der Waals surface area (Å²) in [6, 6.07) is 1.19. The monoisotopic (exact) mass is 174 g/mol. The van der Waals surface area contributed by atoms with Crippen LogP contribution < -0.4 is 11.3 Å². The molecule has 0 unspecified atom stereocenters. The minimum absolute atomic E-state index is 0.0525. The van der Waals surface area contributed by atoms with Gasteiger partial charge in [-0.1, -0.05) is 25.7 Å². The zero-order valence-corrected chi connectivity index (χ0v) is 8.61. The van der Waals surface area contributed by atoms with Crippen molar-refractivity contribution >= 4 is 14.0 Å². The molecule has 0 aromatic heterocycles. The van der Waals surface area contributed by atoms with Crippen LogP contribution in [-0.4, -0.2) is 14.0 Å². The van der Waals surface area contributed by atoms with Crippen LogP contribution in [0, 0.1) is 0 Å². The molecule has 3 nitrogen and oxygen atoms in total. The van der Waals surface area contributed by atoms with Gasteiger partial charge in [0, 0.05) is 14.5 Å². The van der Waals surface area contributed by atoms with Gasteiger partial charge >= 0.3 is 0 Å². The van der Waals surface area contributed by atoms with Gasteiger partial charge in [-0.3, -0.25) is 10.2 Å². The van der Waals surface area contributed by atoms with E-state index in [2.05, 4.69) is 25.1 Å². The standard InChI is InChI=1S/C7H18N2OSi/c1-11(2,3)6-4-5-7(10)9-8/h4-6,8H2,1-3H3,(H,9,10). The highest BCUT2D eigenvalue weighted by Gasteiger charge is 2.12. The minimum Gasteiger partial charge on any atom is -0.294 e. The molecule has 0 atom stereocenters. The first kappa shape index (κ1) is 10.6. The third-order valence-electron chi connectivity index (χ3n) is 1.49. The van der Waals surface area contributed by atoms with E-state index >= 15 is 0 Å². The number of hydrogen-bond donors (Lipinski definition) is 2. The van der Waals surface area contributed by atoms with Crippen molar-refractivity contribution in [2.75, 3.05) is 0 Å². The number of amides is 1. The topological polar surface area (TPSA) is 55.1 Å². The van der Waals surface area contributed by atoms with Crippen molar-refractivity contribution in [2.24, 2.45) is 5.84 Å². The van der Waals surface area contributed by atoms with Gasteiger partial charge in [0.1, 0.15) is 0 Å². The van der Waals surface area contributed by atoms with E-state index in [4.69, 9.17) is 5.84 Å². The summed E-state index contributed by atoms with van der Waals surface area (Å²) in [4.78, 5) is 10.7. The molecule has 4 heteroatoms. The zero-order valence-electron chi connectivity index (χ0n) is 7.61. The van der Waals surface area contributed by atoms with E-state index in [0.717, 1.165) is 6.42 Å². The van der Waals surface area contributed by atoms with Gasteiger partial charge in [-0.25, -0.2) is 5.84 Å². The summed E-state index contributed by atoms with van der Waals surface area (Å²) >= 11 is 0. The van der Waals surface area contributed by atoms with Gasteiger partial charge < -0.3 is 0 Å². The largest absolute Gasteiger partial charge is 0.294 e. The molecule has 0 saturated heterocycles. The van der Waals surface area contributed by atoms with Crippen LogP contribution in [0.2, 0.25) is 25.7 Å². The summed E-state index contributed by atoms with van der Waals surface area (Å²) < 4.78 is 0. The maximum atomic E-state index is 10.7. The first-order chi connectivity index (χ1) is 4.95. The Balaban J connectivity index is 3.35. The molecule has 0 aliphatic carbocycles. The van der Waals surface area contributed by atoms with Crippen LogP contribution >= 0.6 is 0 Å². The smallest absolute Gasteiger partial charge is 0.233 e. The van der Waals surface area contributed by atoms with Gasteiger partial charge in [-0.15, -0.1) is 0 Å². The zero-order chi connectivity index (χ0) is 8.91. The third kappa shape index (κ3) is 7.54. The molecule has 1 amide bonds. The molecule has 11 heavy (non-hydrogen) atoms. The third-order valence-corrected chi connectivity index (χ3v) is 3.35. The van der Waals surface area contributed by atoms with E-state index in [0.29, 0.717) is 6.42 Å². The van der Waals surface area contributed by atoms with E-state index in [1.165, 1.54) is 6.04 Å². The quantitative estimate of drug-likeness (QED) is 0.290. The SMILES string of the molecule is C[Si](C)(C)CCCC(=O)NN. The van der Waals surface area contributed by atoms with Crippen LogP contribution in [0.4, 0.5) is 0 Å². The van der Waals surface area contributed by atoms with Crippen molar-refractivity contribution in [3.63, 3.8) is 0 Å². The predicted octanol–water partition coefficient (Wildman–Crippen LogP) is 1.09. The van der Waals surface area contributed by atoms with E-state index < -0.39 is 8.07 Å². The second kappa shape index (κ2) is 4.51. The molecule has 0 rings (SSSR count). The molecule has 0 bridgehead atoms. The Hall–Kier alpha value is -0.353. The number of carbonyl (C=O) groups is 1. The Kier molecular flexibility index (Phi) is 4.36. The van der Waals surface area contributed by atoms with Crippen molar-refractivity contribution in [3.8, 4) is 0 Å². The number of nitrogens with two attached hydrogens (primary N) is 1. The molecule has 0 heterocycles. The van der Waals surface area contributed by atoms with Crippen LogP contribution in [-0.2, 0) is 4.79 Å². The van der Waals surface area contributed by atoms with Crippen molar-refractivity contribution in [2.45, 2.75) is 38.5 Å². The molecule has 0 saturated carbocycles. The maximum Gasteiger partial charge on any atom is 0.233 e. The van der Waals surface area contributed by atoms with Crippen LogP contribution in [0.1, 0.15) is 12.8 Å². The lowest BCUT2D eigenvalue weighted by Crippen LogP contribution is -2.30. The molecule has 0 radical (unpaired) electrons. The Morgan fingerprint density at radius 3 is 2.36 bits per heavy atom. The van der Waals surface area contributed by atoms with Crippen molar-refractivity contribution in [1.29, 1.82) is 0 Å². The van der Waals surface area contributed by atoms with Gasteiger partial charge in [0.25, 0.3) is 0 Å². The van der Waals surface area contributed by atoms with Crippen molar-refractivity contribution in [3.05, 3.63) is 0 Å². The van der Waals surface area contributed by atoms with Gasteiger partial charge in [-0.05, 0) is 6.42 Å². The van der Waals surface area contributed by atoms with Crippen LogP contribution in [0.15, 0.2) is 0 Å². The molecular weight excluding hydrogens is 156 g/mol. The number of nitrogens with one attached hydrogen (secondary N) is 1. The highest BCUT2D eigenvalue weighted by Crippen LogP contribution is 2.12. The molecular formula is C7H18N2OSi. The Morgan fingerprint density at radius 1 is 1.45 bits per heavy atom. The van der Waals surface area contributed by atoms with Crippen LogP contribution in [0.5, 0.6) is 0 Å². The van der Waals surface area contributed by atoms with Crippen molar-refractivity contribution in [1.82, 2.24) is 5.43 Å². The number of hydrogen-bond acceptors (Lipinski definition) is 2. The van der Waals surface area contributed by atoms with Crippen molar-refractivity contribution < 1.29 is 4.79 Å². The molecule has 0 aliphatic heterocycles. The lowest BCUT2D eigenvalue weighted by molar-refractivity contribution is -0.121. The van der Waals surface area contributed by atoms with Gasteiger partial charge in [0.05, 0.1) is 0 Å². The predicted molar refractivity (Wildman–Crippen MR) is 49.7 cm³/mol. The first-order valence-corrected chi connectivity index (χ1v) is 7.66. The molecule has 0 spiro atoms.